The first kappa shape index (κ1) is 20.0. The normalized spacial score (nSPS) is 20.4. The van der Waals surface area contributed by atoms with Gasteiger partial charge in [0.15, 0.2) is 0 Å². The first-order valence-electron chi connectivity index (χ1n) is 10.4. The largest absolute Gasteiger partial charge is 0.412 e. The van der Waals surface area contributed by atoms with Crippen molar-refractivity contribution >= 4 is 29.5 Å². The minimum atomic E-state index is -1.89. The minimum Gasteiger partial charge on any atom is -0.410 e. The number of piperidine rings is 1. The highest BCUT2D eigenvalue weighted by molar-refractivity contribution is 6.06. The smallest absolute Gasteiger partial charge is 0.410 e. The van der Waals surface area contributed by atoms with Crippen LogP contribution in [0, 0.1) is 5.82 Å². The Labute approximate surface area is 184 Å². The molecule has 2 heterocycles. The van der Waals surface area contributed by atoms with Crippen molar-refractivity contribution in [2.75, 3.05) is 12.4 Å². The number of nitrogens with one attached hydrogen (secondary N) is 3. The van der Waals surface area contributed by atoms with E-state index in [1.807, 2.05) is 0 Å². The van der Waals surface area contributed by atoms with Crippen molar-refractivity contribution in [3.63, 3.8) is 0 Å². The van der Waals surface area contributed by atoms with E-state index in [0.29, 0.717) is 16.8 Å². The van der Waals surface area contributed by atoms with E-state index < -0.39 is 35.6 Å². The first-order valence-corrected chi connectivity index (χ1v) is 9.93. The molecule has 2 aliphatic rings. The van der Waals surface area contributed by atoms with Crippen LogP contribution >= 0.6 is 0 Å². The lowest BCUT2D eigenvalue weighted by atomic mass is 10.0. The highest BCUT2D eigenvalue weighted by atomic mass is 19.1. The molecule has 1 atom stereocenters. The van der Waals surface area contributed by atoms with Gasteiger partial charge in [-0.1, -0.05) is 6.07 Å². The number of anilines is 1. The molecule has 0 bridgehead atoms. The zero-order chi connectivity index (χ0) is 23.8. The van der Waals surface area contributed by atoms with E-state index in [2.05, 4.69) is 16.0 Å². The summed E-state index contributed by atoms with van der Waals surface area (Å²) in [5, 5.41) is 7.52. The van der Waals surface area contributed by atoms with E-state index in [1.54, 1.807) is 18.2 Å². The van der Waals surface area contributed by atoms with Crippen molar-refractivity contribution in [3.8, 4) is 5.75 Å². The number of fused-ring (bicyclic) bond motifs is 1. The van der Waals surface area contributed by atoms with E-state index in [4.69, 9.17) is 6.11 Å². The number of benzene rings is 2. The number of carbonyl (C=O) groups is 4. The molecule has 1 unspecified atom stereocenters. The van der Waals surface area contributed by atoms with Crippen LogP contribution in [0.2, 0.25) is 0 Å². The summed E-state index contributed by atoms with van der Waals surface area (Å²) in [6.45, 7) is 0.0210. The van der Waals surface area contributed by atoms with Crippen molar-refractivity contribution in [2.45, 2.75) is 31.9 Å². The molecule has 166 valence electrons. The Balaban J connectivity index is 1.54. The summed E-state index contributed by atoms with van der Waals surface area (Å²) >= 11 is 0. The Kier molecular flexibility index (Phi) is 5.40. The third kappa shape index (κ3) is 4.11. The summed E-state index contributed by atoms with van der Waals surface area (Å²) in [7, 11) is 1.41. The molecule has 4 rings (SSSR count). The highest BCUT2D eigenvalue weighted by Gasteiger charge is 2.39. The van der Waals surface area contributed by atoms with Gasteiger partial charge in [0.1, 0.15) is 17.6 Å². The number of imide groups is 1. The average Bonchev–Trinajstić information content (AvgIpc) is 3.14. The molecule has 0 saturated carbocycles. The number of rotatable bonds is 5. The van der Waals surface area contributed by atoms with Crippen molar-refractivity contribution in [1.29, 1.82) is 0 Å². The van der Waals surface area contributed by atoms with Crippen LogP contribution < -0.4 is 20.7 Å². The molecule has 9 nitrogen and oxygen atoms in total. The number of carbonyl (C=O) groups excluding carboxylic acids is 4. The number of ether oxygens (including phenoxy) is 1. The van der Waals surface area contributed by atoms with E-state index in [0.717, 1.165) is 4.90 Å². The summed E-state index contributed by atoms with van der Waals surface area (Å²) in [5.41, 5.74) is 1.67. The van der Waals surface area contributed by atoms with Gasteiger partial charge in [-0.25, -0.2) is 9.18 Å². The van der Waals surface area contributed by atoms with Gasteiger partial charge >= 0.3 is 6.09 Å². The van der Waals surface area contributed by atoms with Crippen LogP contribution in [0.3, 0.4) is 0 Å². The number of hydrogen-bond donors (Lipinski definition) is 3. The number of halogens is 1. The van der Waals surface area contributed by atoms with Gasteiger partial charge in [-0.3, -0.25) is 19.7 Å². The average molecular weight is 441 g/mol. The fourth-order valence-electron chi connectivity index (χ4n) is 3.68. The standard InChI is InChI=1S/C22H21FN4O5/c1-24-22(31)32-13-5-6-16(23)12(9-13)10-25-17-4-2-3-14-15(17)11-27(21(14)30)18-7-8-19(28)26-20(18)29/h2-6,9,18,25H,7-8,10-11H2,1H3,(H,24,31)(H,26,28,29)/i18D. The first-order chi connectivity index (χ1) is 15.7. The quantitative estimate of drug-likeness (QED) is 0.611. The van der Waals surface area contributed by atoms with Gasteiger partial charge in [0, 0.05) is 48.9 Å². The lowest BCUT2D eigenvalue weighted by molar-refractivity contribution is -0.136. The number of amides is 4. The van der Waals surface area contributed by atoms with Crippen molar-refractivity contribution in [1.82, 2.24) is 15.5 Å². The zero-order valence-electron chi connectivity index (χ0n) is 18.2. The van der Waals surface area contributed by atoms with Crippen LogP contribution in [-0.4, -0.2) is 41.8 Å². The molecule has 0 aromatic heterocycles. The Hall–Kier alpha value is -3.95. The lowest BCUT2D eigenvalue weighted by Gasteiger charge is -2.29. The Morgan fingerprint density at radius 1 is 1.31 bits per heavy atom. The molecular weight excluding hydrogens is 419 g/mol. The van der Waals surface area contributed by atoms with E-state index in [-0.39, 0.29) is 37.2 Å². The summed E-state index contributed by atoms with van der Waals surface area (Å²) in [6, 6.07) is 6.96. The second-order valence-electron chi connectivity index (χ2n) is 7.29. The molecule has 2 aromatic rings. The Morgan fingerprint density at radius 3 is 2.88 bits per heavy atom. The fraction of sp³-hybridized carbons (Fsp3) is 0.273. The summed E-state index contributed by atoms with van der Waals surface area (Å²) in [5.74, 6) is -2.13. The van der Waals surface area contributed by atoms with Crippen LogP contribution in [0.1, 0.15) is 35.7 Å². The van der Waals surface area contributed by atoms with Crippen molar-refractivity contribution in [3.05, 3.63) is 58.9 Å². The predicted octanol–water partition coefficient (Wildman–Crippen LogP) is 1.92. The van der Waals surface area contributed by atoms with Crippen LogP contribution in [0.4, 0.5) is 14.9 Å². The molecule has 2 aliphatic heterocycles. The summed E-state index contributed by atoms with van der Waals surface area (Å²) in [6.07, 6.45) is -0.810. The molecule has 0 spiro atoms. The van der Waals surface area contributed by atoms with E-state index in [9.17, 15) is 23.6 Å². The SMILES string of the molecule is [2H]C1(N2Cc3c(NCc4cc(OC(=O)NC)ccc4F)cccc3C2=O)CCC(=O)NC1=O. The maximum absolute atomic E-state index is 14.3. The van der Waals surface area contributed by atoms with Crippen LogP contribution in [0.5, 0.6) is 5.75 Å². The second-order valence-corrected chi connectivity index (χ2v) is 7.29. The van der Waals surface area contributed by atoms with E-state index >= 15 is 0 Å². The van der Waals surface area contributed by atoms with Crippen molar-refractivity contribution in [2.24, 2.45) is 0 Å². The second kappa shape index (κ2) is 8.66. The van der Waals surface area contributed by atoms with Gasteiger partial charge in [0.2, 0.25) is 11.8 Å². The Morgan fingerprint density at radius 2 is 2.12 bits per heavy atom. The molecule has 2 aromatic carbocycles. The van der Waals surface area contributed by atoms with Crippen LogP contribution in [0.15, 0.2) is 36.4 Å². The molecule has 10 heteroatoms. The van der Waals surface area contributed by atoms with Crippen LogP contribution in [-0.2, 0) is 22.7 Å². The number of hydrogen-bond acceptors (Lipinski definition) is 6. The fourth-order valence-corrected chi connectivity index (χ4v) is 3.68. The predicted molar refractivity (Wildman–Crippen MR) is 111 cm³/mol. The van der Waals surface area contributed by atoms with E-state index in [1.165, 1.54) is 25.2 Å². The van der Waals surface area contributed by atoms with Gasteiger partial charge in [-0.15, -0.1) is 0 Å². The van der Waals surface area contributed by atoms with Gasteiger partial charge in [0.25, 0.3) is 5.91 Å². The number of nitrogens with zero attached hydrogens (tertiary/aromatic N) is 1. The third-order valence-electron chi connectivity index (χ3n) is 5.30. The molecule has 0 aliphatic carbocycles. The highest BCUT2D eigenvalue weighted by Crippen LogP contribution is 2.32. The zero-order valence-corrected chi connectivity index (χ0v) is 17.2. The third-order valence-corrected chi connectivity index (χ3v) is 5.30. The minimum absolute atomic E-state index is 0.00917. The molecule has 1 saturated heterocycles. The van der Waals surface area contributed by atoms with Gasteiger partial charge in [-0.2, -0.15) is 0 Å². The Bertz CT molecular complexity index is 1170. The molecule has 3 N–H and O–H groups in total. The summed E-state index contributed by atoms with van der Waals surface area (Å²) < 4.78 is 27.9. The molecule has 0 radical (unpaired) electrons. The molecule has 1 fully saturated rings. The van der Waals surface area contributed by atoms with Gasteiger partial charge < -0.3 is 20.3 Å². The molecule has 4 amide bonds. The van der Waals surface area contributed by atoms with Gasteiger partial charge in [0.05, 0.1) is 1.37 Å². The molecule has 32 heavy (non-hydrogen) atoms. The molecular formula is C22H21FN4O5. The maximum Gasteiger partial charge on any atom is 0.412 e. The topological polar surface area (TPSA) is 117 Å². The summed E-state index contributed by atoms with van der Waals surface area (Å²) in [4.78, 5) is 49.4. The maximum atomic E-state index is 14.3. The lowest BCUT2D eigenvalue weighted by Crippen LogP contribution is -2.52. The van der Waals surface area contributed by atoms with Gasteiger partial charge in [-0.05, 0) is 36.8 Å². The monoisotopic (exact) mass is 441 g/mol. The van der Waals surface area contributed by atoms with Crippen molar-refractivity contribution < 1.29 is 29.7 Å². The van der Waals surface area contributed by atoms with Crippen LogP contribution in [0.25, 0.3) is 0 Å².